The fraction of sp³-hybridized carbons (Fsp3) is 0.432. The van der Waals surface area contributed by atoms with Gasteiger partial charge in [0, 0.05) is 54.0 Å². The first-order chi connectivity index (χ1) is 24.0. The molecule has 2 amide bonds. The maximum Gasteiger partial charge on any atom is 0.237 e. The molecule has 0 saturated carbocycles. The zero-order valence-corrected chi connectivity index (χ0v) is 31.2. The van der Waals surface area contributed by atoms with E-state index >= 15 is 0 Å². The molecule has 50 heavy (non-hydrogen) atoms. The Hall–Kier alpha value is -4.63. The predicted octanol–water partition coefficient (Wildman–Crippen LogP) is 8.03. The largest absolute Gasteiger partial charge is 0.355 e. The van der Waals surface area contributed by atoms with E-state index in [0.717, 1.165) is 43.5 Å². The Morgan fingerprint density at radius 1 is 0.880 bits per heavy atom. The lowest BCUT2D eigenvalue weighted by molar-refractivity contribution is -0.437. The van der Waals surface area contributed by atoms with Gasteiger partial charge in [-0.15, -0.1) is 6.42 Å². The van der Waals surface area contributed by atoms with Gasteiger partial charge in [0.25, 0.3) is 0 Å². The highest BCUT2D eigenvalue weighted by molar-refractivity contribution is 6.07. The summed E-state index contributed by atoms with van der Waals surface area (Å²) in [5.41, 5.74) is 7.62. The van der Waals surface area contributed by atoms with Crippen molar-refractivity contribution < 1.29 is 14.2 Å². The van der Waals surface area contributed by atoms with Gasteiger partial charge < -0.3 is 15.5 Å². The summed E-state index contributed by atoms with van der Waals surface area (Å²) < 4.78 is 2.41. The highest BCUT2D eigenvalue weighted by Crippen LogP contribution is 2.48. The first kappa shape index (κ1) is 36.6. The number of rotatable bonds is 12. The third kappa shape index (κ3) is 6.75. The second kappa shape index (κ2) is 15.1. The van der Waals surface area contributed by atoms with Gasteiger partial charge in [-0.1, -0.05) is 94.7 Å². The lowest BCUT2D eigenvalue weighted by Gasteiger charge is -2.35. The Morgan fingerprint density at radius 3 is 2.28 bits per heavy atom. The quantitative estimate of drug-likeness (QED) is 0.137. The summed E-state index contributed by atoms with van der Waals surface area (Å²) in [5.74, 6) is 1.90. The van der Waals surface area contributed by atoms with E-state index < -0.39 is 5.41 Å². The van der Waals surface area contributed by atoms with Crippen molar-refractivity contribution >= 4 is 28.9 Å². The smallest absolute Gasteiger partial charge is 0.237 e. The predicted molar refractivity (Wildman–Crippen MR) is 207 cm³/mol. The minimum absolute atomic E-state index is 0.0627. The molecule has 2 heterocycles. The Balaban J connectivity index is 1.64. The van der Waals surface area contributed by atoms with Gasteiger partial charge >= 0.3 is 0 Å². The van der Waals surface area contributed by atoms with Crippen LogP contribution in [-0.4, -0.2) is 48.3 Å². The van der Waals surface area contributed by atoms with Crippen molar-refractivity contribution in [2.75, 3.05) is 31.1 Å². The Kier molecular flexibility index (Phi) is 11.1. The molecule has 2 aromatic rings. The second-order valence-electron chi connectivity index (χ2n) is 14.9. The first-order valence-corrected chi connectivity index (χ1v) is 18.4. The monoisotopic (exact) mass is 671 g/mol. The van der Waals surface area contributed by atoms with E-state index in [1.807, 2.05) is 6.92 Å². The summed E-state index contributed by atoms with van der Waals surface area (Å²) in [5, 5.41) is 5.86. The van der Waals surface area contributed by atoms with Crippen LogP contribution in [0.2, 0.25) is 0 Å². The molecule has 5 rings (SSSR count). The summed E-state index contributed by atoms with van der Waals surface area (Å²) in [6.07, 6.45) is 20.1. The van der Waals surface area contributed by atoms with Gasteiger partial charge in [0.15, 0.2) is 5.71 Å². The molecule has 2 N–H and O–H groups in total. The number of allylic oxidation sites excluding steroid dienone is 8. The fourth-order valence-electron chi connectivity index (χ4n) is 8.04. The van der Waals surface area contributed by atoms with Gasteiger partial charge in [-0.25, -0.2) is 0 Å². The number of anilines is 1. The summed E-state index contributed by atoms with van der Waals surface area (Å²) in [4.78, 5) is 30.5. The molecule has 0 spiro atoms. The summed E-state index contributed by atoms with van der Waals surface area (Å²) in [6.45, 7) is 17.7. The number of hydrogen-bond donors (Lipinski definition) is 2. The van der Waals surface area contributed by atoms with Crippen molar-refractivity contribution in [2.45, 2.75) is 91.4 Å². The molecule has 0 saturated heterocycles. The number of para-hydroxylation sites is 2. The topological polar surface area (TPSA) is 64.5 Å². The lowest BCUT2D eigenvalue weighted by atomic mass is 9.70. The average Bonchev–Trinajstić information content (AvgIpc) is 3.45. The first-order valence-electron chi connectivity index (χ1n) is 18.4. The molecule has 2 aliphatic heterocycles. The molecule has 2 aromatic carbocycles. The fourth-order valence-corrected chi connectivity index (χ4v) is 8.04. The van der Waals surface area contributed by atoms with Crippen molar-refractivity contribution in [1.82, 2.24) is 10.6 Å². The van der Waals surface area contributed by atoms with Crippen molar-refractivity contribution in [3.05, 3.63) is 107 Å². The van der Waals surface area contributed by atoms with Gasteiger partial charge in [-0.05, 0) is 68.9 Å². The number of benzene rings is 2. The van der Waals surface area contributed by atoms with Gasteiger partial charge in [-0.2, -0.15) is 4.58 Å². The van der Waals surface area contributed by atoms with E-state index in [2.05, 4.69) is 146 Å². The van der Waals surface area contributed by atoms with Crippen molar-refractivity contribution in [3.8, 4) is 12.3 Å². The molecule has 0 bridgehead atoms. The second-order valence-corrected chi connectivity index (χ2v) is 14.9. The maximum atomic E-state index is 14.0. The minimum Gasteiger partial charge on any atom is -0.355 e. The van der Waals surface area contributed by atoms with E-state index in [-0.39, 0.29) is 42.0 Å². The number of carbonyl (C=O) groups is 2. The van der Waals surface area contributed by atoms with Crippen LogP contribution in [0.15, 0.2) is 95.8 Å². The standard InChI is InChI=1S/C44H54N4O2/c1-9-13-28-48-37-21-17-15-19-35(37)43(7,8)39(48)25-23-33-29-32(30-44(31-33,40(49)45-12-4)41(50)46-26-10-2)22-24-38-42(5,6)34-18-14-16-20-36(34)47(38)27-11-3/h2,14-25,29H,9,11-13,26-28,30-31H2,1,3-8H3,(H-,45,46,49,50)/p+1. The molecule has 6 nitrogen and oxygen atoms in total. The normalized spacial score (nSPS) is 22.0. The highest BCUT2D eigenvalue weighted by Gasteiger charge is 2.49. The van der Waals surface area contributed by atoms with Crippen LogP contribution in [0.5, 0.6) is 0 Å². The van der Waals surface area contributed by atoms with Crippen LogP contribution in [0.4, 0.5) is 11.4 Å². The summed E-state index contributed by atoms with van der Waals surface area (Å²) in [7, 11) is 0. The van der Waals surface area contributed by atoms with Crippen LogP contribution in [0, 0.1) is 17.8 Å². The number of fused-ring (bicyclic) bond motifs is 2. The van der Waals surface area contributed by atoms with E-state index in [1.165, 1.54) is 33.9 Å². The van der Waals surface area contributed by atoms with Gasteiger partial charge in [0.1, 0.15) is 12.0 Å². The SMILES string of the molecule is C#CCNC(=O)C1(C(=O)NCC)CC(=CC=C2N(CCCC)c3ccccc3C2(C)C)C=C(C=CC2=[N+](CCC)c3ccccc3C2(C)C)C1. The van der Waals surface area contributed by atoms with Crippen LogP contribution in [0.25, 0.3) is 0 Å². The zero-order valence-electron chi connectivity index (χ0n) is 31.2. The van der Waals surface area contributed by atoms with Crippen LogP contribution in [0.3, 0.4) is 0 Å². The highest BCUT2D eigenvalue weighted by atomic mass is 16.2. The maximum absolute atomic E-state index is 14.0. The molecule has 1 unspecified atom stereocenters. The zero-order chi connectivity index (χ0) is 36.1. The third-order valence-corrected chi connectivity index (χ3v) is 10.6. The molecular weight excluding hydrogens is 617 g/mol. The molecule has 3 aliphatic rings. The van der Waals surface area contributed by atoms with Gasteiger partial charge in [0.05, 0.1) is 12.0 Å². The number of unbranched alkanes of at least 4 members (excludes halogenated alkanes) is 1. The summed E-state index contributed by atoms with van der Waals surface area (Å²) >= 11 is 0. The van der Waals surface area contributed by atoms with Crippen molar-refractivity contribution in [2.24, 2.45) is 5.41 Å². The van der Waals surface area contributed by atoms with E-state index in [4.69, 9.17) is 6.42 Å². The Bertz CT molecular complexity index is 1830. The van der Waals surface area contributed by atoms with E-state index in [9.17, 15) is 9.59 Å². The average molecular weight is 672 g/mol. The van der Waals surface area contributed by atoms with E-state index in [0.29, 0.717) is 6.54 Å². The van der Waals surface area contributed by atoms with Crippen LogP contribution < -0.4 is 15.5 Å². The third-order valence-electron chi connectivity index (χ3n) is 10.6. The van der Waals surface area contributed by atoms with Gasteiger partial charge in [0.2, 0.25) is 17.5 Å². The molecule has 1 aliphatic carbocycles. The summed E-state index contributed by atoms with van der Waals surface area (Å²) in [6, 6.07) is 17.3. The number of carbonyl (C=O) groups excluding carboxylic acids is 2. The molecule has 0 aromatic heterocycles. The Labute approximate surface area is 300 Å². The van der Waals surface area contributed by atoms with Crippen molar-refractivity contribution in [3.63, 3.8) is 0 Å². The molecule has 1 atom stereocenters. The van der Waals surface area contributed by atoms with Crippen LogP contribution >= 0.6 is 0 Å². The number of terminal acetylenes is 1. The molecule has 0 radical (unpaired) electrons. The molecule has 262 valence electrons. The number of amides is 2. The molecular formula is C44H55N4O2+. The number of hydrogen-bond acceptors (Lipinski definition) is 3. The molecule has 0 fully saturated rings. The van der Waals surface area contributed by atoms with E-state index in [1.54, 1.807) is 0 Å². The number of nitrogens with one attached hydrogen (secondary N) is 2. The van der Waals surface area contributed by atoms with Crippen LogP contribution in [-0.2, 0) is 20.4 Å². The Morgan fingerprint density at radius 2 is 1.58 bits per heavy atom. The lowest BCUT2D eigenvalue weighted by Crippen LogP contribution is -2.52. The van der Waals surface area contributed by atoms with Crippen molar-refractivity contribution in [1.29, 1.82) is 0 Å². The minimum atomic E-state index is -1.34. The number of nitrogens with zero attached hydrogens (tertiary/aromatic N) is 2. The van der Waals surface area contributed by atoms with Gasteiger partial charge in [-0.3, -0.25) is 9.59 Å². The van der Waals surface area contributed by atoms with Crippen LogP contribution in [0.1, 0.15) is 91.7 Å². The molecule has 6 heteroatoms.